The third-order valence-electron chi connectivity index (χ3n) is 3.51. The first-order chi connectivity index (χ1) is 11.1. The van der Waals surface area contributed by atoms with Crippen LogP contribution in [0.1, 0.15) is 41.0 Å². The average molecular weight is 327 g/mol. The number of benzene rings is 1. The molecule has 5 nitrogen and oxygen atoms in total. The smallest absolute Gasteiger partial charge is 0.313 e. The molecule has 1 aromatic heterocycles. The molecule has 0 spiro atoms. The lowest BCUT2D eigenvalue weighted by molar-refractivity contribution is -0.137. The van der Waals surface area contributed by atoms with Gasteiger partial charge in [0, 0.05) is 17.1 Å². The van der Waals surface area contributed by atoms with E-state index in [1.165, 1.54) is 0 Å². The molecule has 0 saturated heterocycles. The Morgan fingerprint density at radius 3 is 2.33 bits per heavy atom. The van der Waals surface area contributed by atoms with E-state index < -0.39 is 17.4 Å². The number of rotatable bonds is 3. The van der Waals surface area contributed by atoms with E-state index in [0.29, 0.717) is 11.2 Å². The Labute approximate surface area is 142 Å². The van der Waals surface area contributed by atoms with Gasteiger partial charge in [0.1, 0.15) is 0 Å². The summed E-state index contributed by atoms with van der Waals surface area (Å²) in [5.74, 6) is -1.33. The SMILES string of the molecule is CC(C)(C)CC(C)(C)NC(=O)C(=O)Nc1cccc2cccnc12. The molecular weight excluding hydrogens is 302 g/mol. The minimum absolute atomic E-state index is 0.0484. The maximum atomic E-state index is 12.2. The van der Waals surface area contributed by atoms with E-state index >= 15 is 0 Å². The second-order valence-corrected chi connectivity index (χ2v) is 7.91. The average Bonchev–Trinajstić information content (AvgIpc) is 2.44. The molecule has 128 valence electrons. The van der Waals surface area contributed by atoms with Crippen LogP contribution in [-0.4, -0.2) is 22.3 Å². The number of pyridine rings is 1. The van der Waals surface area contributed by atoms with E-state index in [0.717, 1.165) is 11.8 Å². The highest BCUT2D eigenvalue weighted by molar-refractivity contribution is 6.40. The summed E-state index contributed by atoms with van der Waals surface area (Å²) < 4.78 is 0. The molecule has 2 rings (SSSR count). The van der Waals surface area contributed by atoms with Crippen molar-refractivity contribution in [2.45, 2.75) is 46.6 Å². The van der Waals surface area contributed by atoms with Gasteiger partial charge in [0.25, 0.3) is 0 Å². The largest absolute Gasteiger partial charge is 0.343 e. The highest BCUT2D eigenvalue weighted by Gasteiger charge is 2.29. The Hall–Kier alpha value is -2.43. The molecule has 0 radical (unpaired) electrons. The van der Waals surface area contributed by atoms with Crippen molar-refractivity contribution in [2.75, 3.05) is 5.32 Å². The summed E-state index contributed by atoms with van der Waals surface area (Å²) >= 11 is 0. The predicted molar refractivity (Wildman–Crippen MR) is 96.7 cm³/mol. The van der Waals surface area contributed by atoms with Crippen molar-refractivity contribution >= 4 is 28.4 Å². The lowest BCUT2D eigenvalue weighted by Crippen LogP contribution is -2.49. The standard InChI is InChI=1S/C19H25N3O2/c1-18(2,3)12-19(4,5)22-17(24)16(23)21-14-10-6-8-13-9-7-11-20-15(13)14/h6-11H,12H2,1-5H3,(H,21,23)(H,22,24). The van der Waals surface area contributed by atoms with Gasteiger partial charge in [-0.15, -0.1) is 0 Å². The lowest BCUT2D eigenvalue weighted by Gasteiger charge is -2.33. The first-order valence-corrected chi connectivity index (χ1v) is 8.05. The van der Waals surface area contributed by atoms with Crippen LogP contribution in [0.4, 0.5) is 5.69 Å². The second-order valence-electron chi connectivity index (χ2n) is 7.91. The van der Waals surface area contributed by atoms with Gasteiger partial charge in [0.05, 0.1) is 11.2 Å². The van der Waals surface area contributed by atoms with Gasteiger partial charge >= 0.3 is 11.8 Å². The van der Waals surface area contributed by atoms with Crippen molar-refractivity contribution in [1.29, 1.82) is 0 Å². The lowest BCUT2D eigenvalue weighted by atomic mass is 9.82. The van der Waals surface area contributed by atoms with Crippen LogP contribution < -0.4 is 10.6 Å². The Bertz CT molecular complexity index is 755. The highest BCUT2D eigenvalue weighted by atomic mass is 16.2. The normalized spacial score (nSPS) is 12.0. The van der Waals surface area contributed by atoms with Gasteiger partial charge in [0.2, 0.25) is 0 Å². The van der Waals surface area contributed by atoms with Crippen molar-refractivity contribution < 1.29 is 9.59 Å². The Kier molecular flexibility index (Phi) is 4.92. The van der Waals surface area contributed by atoms with Crippen LogP contribution in [0, 0.1) is 5.41 Å². The molecule has 1 aromatic carbocycles. The molecule has 0 saturated carbocycles. The quantitative estimate of drug-likeness (QED) is 0.848. The van der Waals surface area contributed by atoms with E-state index in [9.17, 15) is 9.59 Å². The Balaban J connectivity index is 2.10. The second kappa shape index (κ2) is 6.59. The minimum atomic E-state index is -0.685. The molecule has 1 heterocycles. The number of amides is 2. The topological polar surface area (TPSA) is 71.1 Å². The van der Waals surface area contributed by atoms with Crippen LogP contribution in [0.15, 0.2) is 36.5 Å². The molecule has 0 aliphatic rings. The van der Waals surface area contributed by atoms with Crippen molar-refractivity contribution in [3.63, 3.8) is 0 Å². The summed E-state index contributed by atoms with van der Waals surface area (Å²) in [6.45, 7) is 10.1. The summed E-state index contributed by atoms with van der Waals surface area (Å²) in [4.78, 5) is 28.8. The number of nitrogens with one attached hydrogen (secondary N) is 2. The summed E-state index contributed by atoms with van der Waals surface area (Å²) in [5, 5.41) is 6.37. The van der Waals surface area contributed by atoms with Crippen molar-refractivity contribution in [3.05, 3.63) is 36.5 Å². The molecule has 0 fully saturated rings. The van der Waals surface area contributed by atoms with E-state index in [-0.39, 0.29) is 5.41 Å². The summed E-state index contributed by atoms with van der Waals surface area (Å²) in [5.41, 5.74) is 0.771. The Morgan fingerprint density at radius 1 is 1.00 bits per heavy atom. The molecular formula is C19H25N3O2. The number of hydrogen-bond acceptors (Lipinski definition) is 3. The first kappa shape index (κ1) is 17.9. The van der Waals surface area contributed by atoms with Gasteiger partial charge in [-0.2, -0.15) is 0 Å². The molecule has 2 aromatic rings. The molecule has 0 aliphatic carbocycles. The van der Waals surface area contributed by atoms with E-state index in [1.54, 1.807) is 12.3 Å². The number of fused-ring (bicyclic) bond motifs is 1. The zero-order valence-electron chi connectivity index (χ0n) is 14.9. The molecule has 5 heteroatoms. The summed E-state index contributed by atoms with van der Waals surface area (Å²) in [6, 6.07) is 9.20. The third kappa shape index (κ3) is 4.78. The number of nitrogens with zero attached hydrogens (tertiary/aromatic N) is 1. The zero-order chi connectivity index (χ0) is 18.0. The molecule has 0 atom stereocenters. The van der Waals surface area contributed by atoms with E-state index in [2.05, 4.69) is 36.4 Å². The number of carbonyl (C=O) groups excluding carboxylic acids is 2. The zero-order valence-corrected chi connectivity index (χ0v) is 14.9. The van der Waals surface area contributed by atoms with Crippen LogP contribution in [0.25, 0.3) is 10.9 Å². The van der Waals surface area contributed by atoms with Crippen molar-refractivity contribution in [3.8, 4) is 0 Å². The van der Waals surface area contributed by atoms with Gasteiger partial charge in [-0.3, -0.25) is 14.6 Å². The van der Waals surface area contributed by atoms with Gasteiger partial charge in [-0.05, 0) is 37.8 Å². The molecule has 0 aliphatic heterocycles. The number of anilines is 1. The fourth-order valence-corrected chi connectivity index (χ4v) is 3.12. The third-order valence-corrected chi connectivity index (χ3v) is 3.51. The van der Waals surface area contributed by atoms with Crippen LogP contribution >= 0.6 is 0 Å². The van der Waals surface area contributed by atoms with Crippen LogP contribution in [0.5, 0.6) is 0 Å². The highest BCUT2D eigenvalue weighted by Crippen LogP contribution is 2.27. The fourth-order valence-electron chi connectivity index (χ4n) is 3.12. The number of para-hydroxylation sites is 1. The van der Waals surface area contributed by atoms with Crippen LogP contribution in [0.2, 0.25) is 0 Å². The maximum Gasteiger partial charge on any atom is 0.313 e. The van der Waals surface area contributed by atoms with Crippen LogP contribution in [-0.2, 0) is 9.59 Å². The van der Waals surface area contributed by atoms with Gasteiger partial charge in [0.15, 0.2) is 0 Å². The molecule has 0 unspecified atom stereocenters. The minimum Gasteiger partial charge on any atom is -0.343 e. The maximum absolute atomic E-state index is 12.2. The number of carbonyl (C=O) groups is 2. The van der Waals surface area contributed by atoms with Crippen molar-refractivity contribution in [1.82, 2.24) is 10.3 Å². The summed E-state index contributed by atoms with van der Waals surface area (Å²) in [6.07, 6.45) is 2.42. The van der Waals surface area contributed by atoms with Gasteiger partial charge in [-0.1, -0.05) is 39.0 Å². The fraction of sp³-hybridized carbons (Fsp3) is 0.421. The monoisotopic (exact) mass is 327 g/mol. The molecule has 2 N–H and O–H groups in total. The van der Waals surface area contributed by atoms with Gasteiger partial charge < -0.3 is 10.6 Å². The number of aromatic nitrogens is 1. The molecule has 0 bridgehead atoms. The Morgan fingerprint density at radius 2 is 1.67 bits per heavy atom. The van der Waals surface area contributed by atoms with Gasteiger partial charge in [-0.25, -0.2) is 0 Å². The van der Waals surface area contributed by atoms with Crippen molar-refractivity contribution in [2.24, 2.45) is 5.41 Å². The molecule has 2 amide bonds. The number of hydrogen-bond donors (Lipinski definition) is 2. The summed E-state index contributed by atoms with van der Waals surface area (Å²) in [7, 11) is 0. The van der Waals surface area contributed by atoms with E-state index in [1.807, 2.05) is 38.1 Å². The predicted octanol–water partition coefficient (Wildman–Crippen LogP) is 3.50. The van der Waals surface area contributed by atoms with Crippen LogP contribution in [0.3, 0.4) is 0 Å². The molecule has 24 heavy (non-hydrogen) atoms. The first-order valence-electron chi connectivity index (χ1n) is 8.05. The van der Waals surface area contributed by atoms with E-state index in [4.69, 9.17) is 0 Å².